The van der Waals surface area contributed by atoms with Crippen molar-refractivity contribution in [3.8, 4) is 5.75 Å². The van der Waals surface area contributed by atoms with Crippen molar-refractivity contribution in [3.63, 3.8) is 0 Å². The van der Waals surface area contributed by atoms with Crippen LogP contribution in [0, 0.1) is 5.92 Å². The molecule has 2 atom stereocenters. The standard InChI is InChI=1S/C15H24NO4P/c1-5-19-15(17)13(4)16-21(18,11-12(2)3)20-14-9-7-6-8-10-14/h6-10,12-13H,5,11H2,1-4H3,(H,16,18)/t13-,21?/m1/s1. The van der Waals surface area contributed by atoms with E-state index in [4.69, 9.17) is 9.26 Å². The van der Waals surface area contributed by atoms with Gasteiger partial charge in [0, 0.05) is 0 Å². The van der Waals surface area contributed by atoms with E-state index in [0.29, 0.717) is 18.5 Å². The minimum atomic E-state index is -3.18. The molecule has 0 amide bonds. The molecule has 0 aliphatic heterocycles. The third kappa shape index (κ3) is 6.32. The average molecular weight is 313 g/mol. The van der Waals surface area contributed by atoms with Gasteiger partial charge in [0.15, 0.2) is 0 Å². The number of hydrogen-bond acceptors (Lipinski definition) is 4. The van der Waals surface area contributed by atoms with E-state index in [1.807, 2.05) is 32.0 Å². The minimum absolute atomic E-state index is 0.168. The summed E-state index contributed by atoms with van der Waals surface area (Å²) in [6, 6.07) is 8.27. The molecule has 0 bridgehead atoms. The van der Waals surface area contributed by atoms with Crippen LogP contribution in [0.2, 0.25) is 0 Å². The molecule has 0 saturated heterocycles. The predicted octanol–water partition coefficient (Wildman–Crippen LogP) is 3.46. The maximum absolute atomic E-state index is 13.0. The molecule has 1 aromatic rings. The Hall–Kier alpha value is -1.32. The van der Waals surface area contributed by atoms with Crippen molar-refractivity contribution in [1.82, 2.24) is 5.09 Å². The fourth-order valence-corrected chi connectivity index (χ4v) is 4.22. The van der Waals surface area contributed by atoms with E-state index in [0.717, 1.165) is 0 Å². The maximum atomic E-state index is 13.0. The second-order valence-electron chi connectivity index (χ2n) is 5.26. The van der Waals surface area contributed by atoms with Crippen LogP contribution >= 0.6 is 7.52 Å². The fourth-order valence-electron chi connectivity index (χ4n) is 1.86. The van der Waals surface area contributed by atoms with Gasteiger partial charge in [-0.15, -0.1) is 0 Å². The lowest BCUT2D eigenvalue weighted by atomic mass is 10.3. The molecule has 0 heterocycles. The zero-order valence-corrected chi connectivity index (χ0v) is 13.9. The third-order valence-electron chi connectivity index (χ3n) is 2.63. The van der Waals surface area contributed by atoms with Gasteiger partial charge < -0.3 is 9.26 Å². The van der Waals surface area contributed by atoms with Gasteiger partial charge in [-0.2, -0.15) is 0 Å². The first-order chi connectivity index (χ1) is 9.86. The Bertz CT molecular complexity index is 490. The van der Waals surface area contributed by atoms with Crippen LogP contribution in [0.5, 0.6) is 5.75 Å². The molecular formula is C15H24NO4P. The van der Waals surface area contributed by atoms with Crippen molar-refractivity contribution in [2.45, 2.75) is 33.7 Å². The Morgan fingerprint density at radius 2 is 1.86 bits per heavy atom. The molecule has 0 spiro atoms. The number of nitrogens with one attached hydrogen (secondary N) is 1. The summed E-state index contributed by atoms with van der Waals surface area (Å²) in [5, 5.41) is 2.82. The molecule has 6 heteroatoms. The van der Waals surface area contributed by atoms with Gasteiger partial charge in [0.2, 0.25) is 0 Å². The van der Waals surface area contributed by atoms with Gasteiger partial charge in [0.05, 0.1) is 12.8 Å². The summed E-state index contributed by atoms with van der Waals surface area (Å²) in [5.41, 5.74) is 0. The molecule has 0 radical (unpaired) electrons. The fraction of sp³-hybridized carbons (Fsp3) is 0.533. The Labute approximate surface area is 126 Å². The van der Waals surface area contributed by atoms with Crippen LogP contribution in [0.15, 0.2) is 30.3 Å². The second-order valence-corrected chi connectivity index (χ2v) is 7.41. The molecule has 118 valence electrons. The summed E-state index contributed by atoms with van der Waals surface area (Å²) in [7, 11) is -3.18. The smallest absolute Gasteiger partial charge is 0.323 e. The first-order valence-electron chi connectivity index (χ1n) is 7.14. The summed E-state index contributed by atoms with van der Waals surface area (Å²) >= 11 is 0. The lowest BCUT2D eigenvalue weighted by Crippen LogP contribution is -2.35. The molecule has 1 aromatic carbocycles. The van der Waals surface area contributed by atoms with E-state index in [1.165, 1.54) is 0 Å². The van der Waals surface area contributed by atoms with Crippen molar-refractivity contribution >= 4 is 13.5 Å². The molecule has 0 aromatic heterocycles. The molecule has 5 nitrogen and oxygen atoms in total. The van der Waals surface area contributed by atoms with Gasteiger partial charge in [0.1, 0.15) is 11.8 Å². The van der Waals surface area contributed by atoms with E-state index < -0.39 is 19.5 Å². The normalized spacial score (nSPS) is 15.3. The Balaban J connectivity index is 2.83. The molecular weight excluding hydrogens is 289 g/mol. The molecule has 0 fully saturated rings. The lowest BCUT2D eigenvalue weighted by molar-refractivity contribution is -0.144. The van der Waals surface area contributed by atoms with Crippen molar-refractivity contribution in [3.05, 3.63) is 30.3 Å². The number of para-hydroxylation sites is 1. The molecule has 1 N–H and O–H groups in total. The topological polar surface area (TPSA) is 64.6 Å². The molecule has 1 rings (SSSR count). The quantitative estimate of drug-likeness (QED) is 0.588. The second kappa shape index (κ2) is 8.20. The number of rotatable bonds is 8. The lowest BCUT2D eigenvalue weighted by Gasteiger charge is -2.24. The van der Waals surface area contributed by atoms with Crippen LogP contribution < -0.4 is 9.61 Å². The molecule has 0 saturated carbocycles. The van der Waals surface area contributed by atoms with Crippen molar-refractivity contribution < 1.29 is 18.6 Å². The van der Waals surface area contributed by atoms with Gasteiger partial charge in [-0.3, -0.25) is 9.36 Å². The molecule has 21 heavy (non-hydrogen) atoms. The third-order valence-corrected chi connectivity index (χ3v) is 5.13. The van der Waals surface area contributed by atoms with Crippen LogP contribution in [0.1, 0.15) is 27.7 Å². The number of ether oxygens (including phenoxy) is 1. The highest BCUT2D eigenvalue weighted by Gasteiger charge is 2.31. The zero-order chi connectivity index (χ0) is 15.9. The van der Waals surface area contributed by atoms with Crippen LogP contribution in [-0.4, -0.2) is 24.8 Å². The van der Waals surface area contributed by atoms with Crippen LogP contribution in [0.25, 0.3) is 0 Å². The predicted molar refractivity (Wildman–Crippen MR) is 83.6 cm³/mol. The van der Waals surface area contributed by atoms with Gasteiger partial charge in [-0.05, 0) is 31.9 Å². The average Bonchev–Trinajstić information content (AvgIpc) is 2.38. The van der Waals surface area contributed by atoms with Gasteiger partial charge in [-0.25, -0.2) is 5.09 Å². The van der Waals surface area contributed by atoms with Crippen molar-refractivity contribution in [1.29, 1.82) is 0 Å². The first kappa shape index (κ1) is 17.7. The van der Waals surface area contributed by atoms with Crippen molar-refractivity contribution in [2.75, 3.05) is 12.8 Å². The summed E-state index contributed by atoms with van der Waals surface area (Å²) in [6.07, 6.45) is 0.339. The summed E-state index contributed by atoms with van der Waals surface area (Å²) in [5.74, 6) is 0.254. The van der Waals surface area contributed by atoms with Crippen LogP contribution in [0.3, 0.4) is 0 Å². The van der Waals surface area contributed by atoms with E-state index >= 15 is 0 Å². The SMILES string of the molecule is CCOC(=O)[C@@H](C)NP(=O)(CC(C)C)Oc1ccccc1. The summed E-state index contributed by atoms with van der Waals surface area (Å²) in [4.78, 5) is 11.7. The largest absolute Gasteiger partial charge is 0.465 e. The van der Waals surface area contributed by atoms with E-state index in [9.17, 15) is 9.36 Å². The number of hydrogen-bond donors (Lipinski definition) is 1. The number of benzene rings is 1. The Kier molecular flexibility index (Phi) is 6.93. The van der Waals surface area contributed by atoms with Crippen LogP contribution in [0.4, 0.5) is 0 Å². The molecule has 0 aliphatic rings. The van der Waals surface area contributed by atoms with Gasteiger partial charge >= 0.3 is 13.5 Å². The zero-order valence-electron chi connectivity index (χ0n) is 13.0. The Morgan fingerprint density at radius 1 is 1.24 bits per heavy atom. The van der Waals surface area contributed by atoms with E-state index in [1.54, 1.807) is 26.0 Å². The molecule has 0 aliphatic carbocycles. The molecule has 1 unspecified atom stereocenters. The number of carbonyl (C=O) groups is 1. The highest BCUT2D eigenvalue weighted by molar-refractivity contribution is 7.57. The van der Waals surface area contributed by atoms with Crippen molar-refractivity contribution in [2.24, 2.45) is 5.92 Å². The number of carbonyl (C=O) groups excluding carboxylic acids is 1. The van der Waals surface area contributed by atoms with Gasteiger partial charge in [-0.1, -0.05) is 32.0 Å². The maximum Gasteiger partial charge on any atom is 0.323 e. The van der Waals surface area contributed by atoms with Crippen LogP contribution in [-0.2, 0) is 14.1 Å². The Morgan fingerprint density at radius 3 is 2.38 bits per heavy atom. The van der Waals surface area contributed by atoms with E-state index in [-0.39, 0.29) is 5.92 Å². The first-order valence-corrected chi connectivity index (χ1v) is 8.95. The monoisotopic (exact) mass is 313 g/mol. The van der Waals surface area contributed by atoms with E-state index in [2.05, 4.69) is 5.09 Å². The summed E-state index contributed by atoms with van der Waals surface area (Å²) < 4.78 is 23.5. The highest BCUT2D eigenvalue weighted by Crippen LogP contribution is 2.45. The minimum Gasteiger partial charge on any atom is -0.465 e. The highest BCUT2D eigenvalue weighted by atomic mass is 31.2. The number of esters is 1. The van der Waals surface area contributed by atoms with Gasteiger partial charge in [0.25, 0.3) is 0 Å². The summed E-state index contributed by atoms with van der Waals surface area (Å²) in [6.45, 7) is 7.56.